The summed E-state index contributed by atoms with van der Waals surface area (Å²) in [5.74, 6) is -3.50. The van der Waals surface area contributed by atoms with Gasteiger partial charge in [-0.3, -0.25) is 9.59 Å². The average molecular weight is 242 g/mol. The van der Waals surface area contributed by atoms with Gasteiger partial charge in [0, 0.05) is 0 Å². The van der Waals surface area contributed by atoms with Crippen LogP contribution in [0.4, 0.5) is 0 Å². The van der Waals surface area contributed by atoms with E-state index < -0.39 is 17.9 Å². The van der Waals surface area contributed by atoms with Gasteiger partial charge in [-0.2, -0.15) is 0 Å². The Morgan fingerprint density at radius 1 is 1.13 bits per heavy atom. The SMILES string of the molecule is CCCC(CC)CC(C(=O)O)C(=O)O.[KH]. The van der Waals surface area contributed by atoms with Gasteiger partial charge >= 0.3 is 63.3 Å². The maximum atomic E-state index is 10.6. The van der Waals surface area contributed by atoms with E-state index >= 15 is 0 Å². The zero-order valence-corrected chi connectivity index (χ0v) is 8.69. The number of carboxylic acid groups (broad SMARTS) is 2. The van der Waals surface area contributed by atoms with E-state index in [-0.39, 0.29) is 63.7 Å². The third-order valence-corrected chi connectivity index (χ3v) is 2.44. The molecule has 0 aliphatic rings. The van der Waals surface area contributed by atoms with Gasteiger partial charge in [-0.1, -0.05) is 33.1 Å². The molecule has 0 heterocycles. The molecule has 0 aliphatic heterocycles. The molecule has 0 amide bonds. The molecule has 5 heteroatoms. The van der Waals surface area contributed by atoms with Gasteiger partial charge in [-0.15, -0.1) is 0 Å². The van der Waals surface area contributed by atoms with Crippen LogP contribution < -0.4 is 0 Å². The normalized spacial score (nSPS) is 11.9. The van der Waals surface area contributed by atoms with E-state index in [1.807, 2.05) is 13.8 Å². The molecular formula is C10H19KO4. The van der Waals surface area contributed by atoms with Crippen LogP contribution in [0.5, 0.6) is 0 Å². The van der Waals surface area contributed by atoms with Crippen LogP contribution in [0.2, 0.25) is 0 Å². The number of rotatable bonds is 7. The molecule has 0 aliphatic carbocycles. The van der Waals surface area contributed by atoms with Crippen molar-refractivity contribution >= 4 is 63.3 Å². The molecular weight excluding hydrogens is 223 g/mol. The minimum atomic E-state index is -1.24. The predicted octanol–water partition coefficient (Wildman–Crippen LogP) is 1.34. The van der Waals surface area contributed by atoms with E-state index in [1.165, 1.54) is 0 Å². The summed E-state index contributed by atoms with van der Waals surface area (Å²) < 4.78 is 0. The van der Waals surface area contributed by atoms with Crippen molar-refractivity contribution in [1.82, 2.24) is 0 Å². The first-order valence-electron chi connectivity index (χ1n) is 4.98. The van der Waals surface area contributed by atoms with E-state index in [9.17, 15) is 9.59 Å². The molecule has 0 spiro atoms. The second kappa shape index (κ2) is 9.78. The summed E-state index contributed by atoms with van der Waals surface area (Å²) in [5.41, 5.74) is 0. The van der Waals surface area contributed by atoms with E-state index in [4.69, 9.17) is 10.2 Å². The Labute approximate surface area is 133 Å². The summed E-state index contributed by atoms with van der Waals surface area (Å²) >= 11 is 0. The zero-order chi connectivity index (χ0) is 11.1. The molecule has 4 nitrogen and oxygen atoms in total. The second-order valence-electron chi connectivity index (χ2n) is 3.53. The number of hydrogen-bond acceptors (Lipinski definition) is 2. The molecule has 0 aromatic carbocycles. The van der Waals surface area contributed by atoms with Crippen molar-refractivity contribution in [2.75, 3.05) is 0 Å². The molecule has 0 saturated heterocycles. The van der Waals surface area contributed by atoms with Crippen molar-refractivity contribution in [1.29, 1.82) is 0 Å². The molecule has 15 heavy (non-hydrogen) atoms. The third-order valence-electron chi connectivity index (χ3n) is 2.44. The van der Waals surface area contributed by atoms with Crippen molar-refractivity contribution in [2.45, 2.75) is 39.5 Å². The predicted molar refractivity (Wildman–Crippen MR) is 59.2 cm³/mol. The van der Waals surface area contributed by atoms with Crippen molar-refractivity contribution in [3.05, 3.63) is 0 Å². The maximum absolute atomic E-state index is 10.6. The quantitative estimate of drug-likeness (QED) is 0.522. The molecule has 2 N–H and O–H groups in total. The van der Waals surface area contributed by atoms with Crippen LogP contribution >= 0.6 is 0 Å². The van der Waals surface area contributed by atoms with Crippen molar-refractivity contribution in [3.63, 3.8) is 0 Å². The minimum absolute atomic E-state index is 0. The van der Waals surface area contributed by atoms with Gasteiger partial charge in [0.1, 0.15) is 0 Å². The fourth-order valence-corrected chi connectivity index (χ4v) is 1.54. The van der Waals surface area contributed by atoms with Crippen molar-refractivity contribution in [3.8, 4) is 0 Å². The van der Waals surface area contributed by atoms with Gasteiger partial charge in [-0.25, -0.2) is 0 Å². The molecule has 0 saturated carbocycles. The molecule has 0 bridgehead atoms. The van der Waals surface area contributed by atoms with E-state index in [2.05, 4.69) is 0 Å². The van der Waals surface area contributed by atoms with Crippen LogP contribution in [0.3, 0.4) is 0 Å². The summed E-state index contributed by atoms with van der Waals surface area (Å²) in [4.78, 5) is 21.2. The summed E-state index contributed by atoms with van der Waals surface area (Å²) in [7, 11) is 0. The fraction of sp³-hybridized carbons (Fsp3) is 0.800. The molecule has 84 valence electrons. The van der Waals surface area contributed by atoms with E-state index in [0.29, 0.717) is 0 Å². The summed E-state index contributed by atoms with van der Waals surface area (Å²) in [6, 6.07) is 0. The van der Waals surface area contributed by atoms with Crippen LogP contribution in [-0.2, 0) is 9.59 Å². The Bertz CT molecular complexity index is 192. The monoisotopic (exact) mass is 242 g/mol. The molecule has 0 fully saturated rings. The first-order valence-corrected chi connectivity index (χ1v) is 4.98. The second-order valence-corrected chi connectivity index (χ2v) is 3.53. The van der Waals surface area contributed by atoms with Crippen LogP contribution in [0.25, 0.3) is 0 Å². The van der Waals surface area contributed by atoms with Gasteiger partial charge in [0.05, 0.1) is 0 Å². The summed E-state index contributed by atoms with van der Waals surface area (Å²) in [6.07, 6.45) is 2.94. The van der Waals surface area contributed by atoms with Gasteiger partial charge in [0.25, 0.3) is 0 Å². The van der Waals surface area contributed by atoms with Crippen LogP contribution in [0.1, 0.15) is 39.5 Å². The molecule has 1 atom stereocenters. The standard InChI is InChI=1S/C10H18O4.K.H/c1-3-5-7(4-2)6-8(9(11)12)10(13)14;;/h7-8H,3-6H2,1-2H3,(H,11,12)(H,13,14);;. The average Bonchev–Trinajstić information content (AvgIpc) is 2.10. The number of carbonyl (C=O) groups is 2. The number of carboxylic acids is 2. The van der Waals surface area contributed by atoms with Gasteiger partial charge in [-0.05, 0) is 12.3 Å². The van der Waals surface area contributed by atoms with E-state index in [1.54, 1.807) is 0 Å². The fourth-order valence-electron chi connectivity index (χ4n) is 1.54. The van der Waals surface area contributed by atoms with Crippen LogP contribution in [-0.4, -0.2) is 73.5 Å². The molecule has 1 unspecified atom stereocenters. The van der Waals surface area contributed by atoms with Crippen LogP contribution in [0, 0.1) is 11.8 Å². The van der Waals surface area contributed by atoms with Gasteiger partial charge in [0.2, 0.25) is 0 Å². The third kappa shape index (κ3) is 7.46. The molecule has 0 aromatic rings. The van der Waals surface area contributed by atoms with Crippen molar-refractivity contribution < 1.29 is 19.8 Å². The molecule has 0 rings (SSSR count). The zero-order valence-electron chi connectivity index (χ0n) is 8.69. The molecule has 0 radical (unpaired) electrons. The van der Waals surface area contributed by atoms with Crippen molar-refractivity contribution in [2.24, 2.45) is 11.8 Å². The Hall–Kier alpha value is 0.576. The number of aliphatic carboxylic acids is 2. The van der Waals surface area contributed by atoms with Gasteiger partial charge in [0.15, 0.2) is 5.92 Å². The van der Waals surface area contributed by atoms with E-state index in [0.717, 1.165) is 19.3 Å². The summed E-state index contributed by atoms with van der Waals surface area (Å²) in [6.45, 7) is 3.97. The first kappa shape index (κ1) is 18.0. The first-order chi connectivity index (χ1) is 6.52. The Morgan fingerprint density at radius 2 is 1.60 bits per heavy atom. The topological polar surface area (TPSA) is 74.6 Å². The Kier molecular flexibility index (Phi) is 11.7. The van der Waals surface area contributed by atoms with Gasteiger partial charge < -0.3 is 10.2 Å². The molecule has 0 aromatic heterocycles. The number of hydrogen-bond donors (Lipinski definition) is 2. The van der Waals surface area contributed by atoms with Crippen LogP contribution in [0.15, 0.2) is 0 Å². The Balaban J connectivity index is 0. The summed E-state index contributed by atoms with van der Waals surface area (Å²) in [5, 5.41) is 17.4. The Morgan fingerprint density at radius 3 is 1.87 bits per heavy atom.